The van der Waals surface area contributed by atoms with Crippen molar-refractivity contribution in [1.29, 1.82) is 0 Å². The van der Waals surface area contributed by atoms with E-state index in [1.54, 1.807) is 48.7 Å². The summed E-state index contributed by atoms with van der Waals surface area (Å²) >= 11 is 0. The molecule has 0 aliphatic heterocycles. The molecule has 0 amide bonds. The lowest BCUT2D eigenvalue weighted by Gasteiger charge is -2.10. The van der Waals surface area contributed by atoms with Gasteiger partial charge in [0.25, 0.3) is 0 Å². The Hall–Kier alpha value is -8.06. The molecule has 0 unspecified atom stereocenters. The maximum absolute atomic E-state index is 11.4. The Labute approximate surface area is 547 Å². The number of ketones is 3. The van der Waals surface area contributed by atoms with Crippen LogP contribution in [0.5, 0.6) is 0 Å². The van der Waals surface area contributed by atoms with Gasteiger partial charge in [-0.3, -0.25) is 19.2 Å². The Morgan fingerprint density at radius 3 is 1.47 bits per heavy atom. The lowest BCUT2D eigenvalue weighted by atomic mass is 9.94. The van der Waals surface area contributed by atoms with Crippen LogP contribution < -0.4 is 16.4 Å². The Kier molecular flexibility index (Phi) is 36.1. The Bertz CT molecular complexity index is 3590. The number of allylic oxidation sites excluding steroid dienone is 8. The first-order valence-corrected chi connectivity index (χ1v) is 32.9. The minimum Gasteiger partial charge on any atom is -0.478 e. The smallest absolute Gasteiger partial charge is 0.335 e. The Balaban J connectivity index is 0.000000520. The van der Waals surface area contributed by atoms with Gasteiger partial charge in [-0.1, -0.05) is 246 Å². The quantitative estimate of drug-likeness (QED) is 0.0972. The van der Waals surface area contributed by atoms with E-state index in [-0.39, 0.29) is 29.4 Å². The molecule has 0 spiro atoms. The summed E-state index contributed by atoms with van der Waals surface area (Å²) in [5.41, 5.74) is 20.5. The molecule has 5 aromatic carbocycles. The van der Waals surface area contributed by atoms with Crippen molar-refractivity contribution in [3.63, 3.8) is 0 Å². The molecule has 3 aliphatic rings. The van der Waals surface area contributed by atoms with Crippen molar-refractivity contribution in [3.05, 3.63) is 259 Å². The second-order valence-corrected chi connectivity index (χ2v) is 26.6. The summed E-state index contributed by atoms with van der Waals surface area (Å²) in [6.45, 7) is 39.5. The fourth-order valence-electron chi connectivity index (χ4n) is 8.87. The second-order valence-electron chi connectivity index (χ2n) is 25.1. The maximum atomic E-state index is 11.4. The Morgan fingerprint density at radius 1 is 0.538 bits per heavy atom. The first kappa shape index (κ1) is 81.0. The van der Waals surface area contributed by atoms with Gasteiger partial charge in [0.2, 0.25) is 15.6 Å². The van der Waals surface area contributed by atoms with Gasteiger partial charge in [-0.2, -0.15) is 0 Å². The number of aryl methyl sites for hydroxylation is 2. The number of H-pyrrole nitrogens is 1. The molecule has 1 heterocycles. The number of aromatic nitrogens is 1. The fraction of sp³-hybridized carbons (Fsp3) is 0.380. The molecule has 0 fully saturated rings. The third kappa shape index (κ3) is 30.5. The molecule has 91 heavy (non-hydrogen) atoms. The van der Waals surface area contributed by atoms with Gasteiger partial charge in [0.05, 0.1) is 10.5 Å². The number of sulfonamides is 1. The largest absolute Gasteiger partial charge is 0.478 e. The number of carboxylic acids is 1. The summed E-state index contributed by atoms with van der Waals surface area (Å²) in [7, 11) is -3.56. The SMILES string of the molecule is C.C=C(N)c1ccc(C(C)C)cc1.CC(C)C1=CC=CCC1=O.CC(C)C1=CCC(=O)C=C1.CC(C)c1cc[nH]c(=O)c1.CC(C)c1ccc2c(c1)C(=O)CC2.CC(C)c1cccc(C(=O)O)c1.CC(C)c1cccc(S(N)(=O)=O)c1.Cc1cccc(C(C)C)c1. The molecule has 6 N–H and O–H groups in total. The number of aromatic amines is 1. The minimum absolute atomic E-state index is 0. The number of carbonyl (C=O) groups is 4. The molecule has 0 radical (unpaired) electrons. The van der Waals surface area contributed by atoms with E-state index in [4.69, 9.17) is 16.0 Å². The number of carbonyl (C=O) groups excluding carboxylic acids is 3. The van der Waals surface area contributed by atoms with Gasteiger partial charge in [-0.15, -0.1) is 0 Å². The van der Waals surface area contributed by atoms with Gasteiger partial charge in [-0.05, 0) is 159 Å². The van der Waals surface area contributed by atoms with E-state index < -0.39 is 16.0 Å². The van der Waals surface area contributed by atoms with Crippen LogP contribution in [0.25, 0.3) is 5.70 Å². The molecule has 12 heteroatoms. The minimum atomic E-state index is -3.56. The first-order chi connectivity index (χ1) is 42.1. The number of primary sulfonamides is 1. The van der Waals surface area contributed by atoms with Crippen molar-refractivity contribution in [2.24, 2.45) is 22.7 Å². The lowest BCUT2D eigenvalue weighted by Crippen LogP contribution is -2.12. The number of nitrogens with two attached hydrogens (primary N) is 2. The molecular formula is C79H107N3O8S. The van der Waals surface area contributed by atoms with Crippen molar-refractivity contribution in [3.8, 4) is 0 Å². The molecule has 9 rings (SSSR count). The van der Waals surface area contributed by atoms with Gasteiger partial charge in [0, 0.05) is 42.8 Å². The van der Waals surface area contributed by atoms with Crippen LogP contribution in [0, 0.1) is 18.8 Å². The summed E-state index contributed by atoms with van der Waals surface area (Å²) < 4.78 is 22.0. The highest BCUT2D eigenvalue weighted by atomic mass is 32.2. The number of Topliss-reactive ketones (excluding diaryl/α,β-unsaturated/α-hetero) is 2. The van der Waals surface area contributed by atoms with Crippen LogP contribution in [0.2, 0.25) is 0 Å². The summed E-state index contributed by atoms with van der Waals surface area (Å²) in [5, 5.41) is 13.7. The molecular weight excluding hydrogens is 1150 g/mol. The molecule has 6 aromatic rings. The number of nitrogens with one attached hydrogen (secondary N) is 1. The summed E-state index contributed by atoms with van der Waals surface area (Å²) in [6, 6.07) is 40.5. The van der Waals surface area contributed by atoms with Crippen molar-refractivity contribution >= 4 is 39.0 Å². The molecule has 0 bridgehead atoms. The zero-order chi connectivity index (χ0) is 68.0. The van der Waals surface area contributed by atoms with Crippen LogP contribution in [-0.2, 0) is 26.0 Å². The van der Waals surface area contributed by atoms with Crippen molar-refractivity contribution < 1.29 is 32.7 Å². The number of carboxylic acid groups (broad SMARTS) is 1. The normalized spacial score (nSPS) is 12.8. The molecule has 0 saturated carbocycles. The molecule has 11 nitrogen and oxygen atoms in total. The average molecular weight is 1260 g/mol. The number of fused-ring (bicyclic) bond motifs is 1. The van der Waals surface area contributed by atoms with Gasteiger partial charge in [0.15, 0.2) is 17.3 Å². The number of pyridine rings is 1. The van der Waals surface area contributed by atoms with E-state index in [1.807, 2.05) is 102 Å². The summed E-state index contributed by atoms with van der Waals surface area (Å²) in [5.74, 6) is 3.72. The number of hydrogen-bond donors (Lipinski definition) is 4. The van der Waals surface area contributed by atoms with E-state index in [0.29, 0.717) is 83.6 Å². The van der Waals surface area contributed by atoms with E-state index in [9.17, 15) is 32.4 Å². The van der Waals surface area contributed by atoms with E-state index >= 15 is 0 Å². The first-order valence-electron chi connectivity index (χ1n) is 31.4. The summed E-state index contributed by atoms with van der Waals surface area (Å²) in [6.07, 6.45) is 15.8. The summed E-state index contributed by atoms with van der Waals surface area (Å²) in [4.78, 5) is 57.3. The predicted octanol–water partition coefficient (Wildman–Crippen LogP) is 19.1. The van der Waals surface area contributed by atoms with Crippen LogP contribution in [0.15, 0.2) is 197 Å². The molecule has 0 atom stereocenters. The number of benzene rings is 5. The van der Waals surface area contributed by atoms with Gasteiger partial charge >= 0.3 is 5.97 Å². The third-order valence-corrected chi connectivity index (χ3v) is 15.7. The molecule has 0 saturated heterocycles. The lowest BCUT2D eigenvalue weighted by molar-refractivity contribution is -0.115. The highest BCUT2D eigenvalue weighted by molar-refractivity contribution is 7.89. The number of hydrogen-bond acceptors (Lipinski definition) is 8. The standard InChI is InChI=1S/C12H14O.C11H15N.C10H12O2.C10H14.C9H13NO2S.2C9H12O.C8H11NO.CH4/c1-8(2)10-4-3-9-5-6-12(13)11(9)7-10;1-8(2)10-4-6-11(7-5-10)9(3)12;1-7(2)8-4-3-5-9(6-8)10(11)12;1-8(2)10-6-4-5-9(3)7-10;1-7(2)8-4-3-5-9(6-8)13(10,11)12;1-7(2)8-3-5-9(10)6-4-8;1-7(2)8-5-3-4-6-9(8)10;1-6(2)7-3-4-9-8(10)5-7;/h3-4,7-8H,5-6H2,1-2H3;4-8H,3,12H2,1-2H3;3-7H,1-2H3,(H,11,12);4-8H,1-3H3;3-7H,1-2H3,(H2,10,11,12);2*3-5,7H,6H2,1-2H3;3-6H,1-2H3,(H,9,10);1H4. The zero-order valence-corrected chi connectivity index (χ0v) is 57.5. The van der Waals surface area contributed by atoms with Crippen LogP contribution in [0.4, 0.5) is 0 Å². The van der Waals surface area contributed by atoms with Crippen molar-refractivity contribution in [1.82, 2.24) is 4.98 Å². The number of rotatable bonds is 11. The highest BCUT2D eigenvalue weighted by Gasteiger charge is 2.20. The zero-order valence-electron chi connectivity index (χ0n) is 56.7. The maximum Gasteiger partial charge on any atom is 0.335 e. The van der Waals surface area contributed by atoms with Gasteiger partial charge < -0.3 is 15.8 Å². The monoisotopic (exact) mass is 1260 g/mol. The van der Waals surface area contributed by atoms with Crippen molar-refractivity contribution in [2.45, 2.75) is 191 Å². The fourth-order valence-corrected chi connectivity index (χ4v) is 9.44. The van der Waals surface area contributed by atoms with E-state index in [2.05, 4.69) is 142 Å². The molecule has 1 aromatic heterocycles. The topological polar surface area (TPSA) is 208 Å². The van der Waals surface area contributed by atoms with Crippen LogP contribution in [0.3, 0.4) is 0 Å². The van der Waals surface area contributed by atoms with Crippen LogP contribution in [-0.4, -0.2) is 41.8 Å². The van der Waals surface area contributed by atoms with Gasteiger partial charge in [-0.25, -0.2) is 18.4 Å². The molecule has 3 aliphatic carbocycles. The average Bonchev–Trinajstić information content (AvgIpc) is 1.85. The Morgan fingerprint density at radius 2 is 1.04 bits per heavy atom. The van der Waals surface area contributed by atoms with E-state index in [0.717, 1.165) is 39.8 Å². The van der Waals surface area contributed by atoms with Crippen LogP contribution >= 0.6 is 0 Å². The number of aromatic carboxylic acids is 1. The van der Waals surface area contributed by atoms with E-state index in [1.165, 1.54) is 39.5 Å². The molecule has 492 valence electrons. The second kappa shape index (κ2) is 40.6. The predicted molar refractivity (Wildman–Crippen MR) is 383 cm³/mol. The van der Waals surface area contributed by atoms with Crippen molar-refractivity contribution in [2.75, 3.05) is 0 Å². The van der Waals surface area contributed by atoms with Gasteiger partial charge in [0.1, 0.15) is 0 Å². The third-order valence-electron chi connectivity index (χ3n) is 14.8. The highest BCUT2D eigenvalue weighted by Crippen LogP contribution is 2.26. The van der Waals surface area contributed by atoms with Crippen LogP contribution in [0.1, 0.15) is 244 Å².